The Kier molecular flexibility index (Phi) is 4.76. The van der Waals surface area contributed by atoms with E-state index in [2.05, 4.69) is 9.72 Å². The van der Waals surface area contributed by atoms with E-state index in [1.165, 1.54) is 13.3 Å². The van der Waals surface area contributed by atoms with Gasteiger partial charge in [0, 0.05) is 11.8 Å². The fourth-order valence-electron chi connectivity index (χ4n) is 1.58. The molecule has 0 aliphatic heterocycles. The lowest BCUT2D eigenvalue weighted by atomic mass is 10.1. The summed E-state index contributed by atoms with van der Waals surface area (Å²) in [6.07, 6.45) is 1.50. The highest BCUT2D eigenvalue weighted by Crippen LogP contribution is 2.35. The number of aromatic nitrogens is 1. The molecule has 0 fully saturated rings. The zero-order chi connectivity index (χ0) is 14.9. The first kappa shape index (κ1) is 15.4. The zero-order valence-electron chi connectivity index (χ0n) is 10.1. The highest BCUT2D eigenvalue weighted by atomic mass is 35.5. The molecule has 7 heteroatoms. The van der Waals surface area contributed by atoms with Crippen molar-refractivity contribution < 1.29 is 9.53 Å². The van der Waals surface area contributed by atoms with Crippen LogP contribution >= 0.6 is 46.4 Å². The van der Waals surface area contributed by atoms with E-state index in [0.717, 1.165) is 0 Å². The number of ether oxygens (including phenoxy) is 1. The average Bonchev–Trinajstić information content (AvgIpc) is 2.44. The summed E-state index contributed by atoms with van der Waals surface area (Å²) in [7, 11) is 1.27. The molecule has 1 aromatic carbocycles. The van der Waals surface area contributed by atoms with Crippen molar-refractivity contribution in [3.63, 3.8) is 0 Å². The van der Waals surface area contributed by atoms with Gasteiger partial charge in [0.2, 0.25) is 0 Å². The molecule has 1 aromatic heterocycles. The Balaban J connectivity index is 2.56. The minimum atomic E-state index is -0.574. The molecule has 0 N–H and O–H groups in total. The highest BCUT2D eigenvalue weighted by Gasteiger charge is 2.15. The van der Waals surface area contributed by atoms with Crippen molar-refractivity contribution in [1.82, 2.24) is 4.98 Å². The van der Waals surface area contributed by atoms with E-state index in [-0.39, 0.29) is 15.7 Å². The number of carbonyl (C=O) groups excluding carboxylic acids is 1. The molecule has 0 bridgehead atoms. The summed E-state index contributed by atoms with van der Waals surface area (Å²) >= 11 is 23.7. The largest absolute Gasteiger partial charge is 0.465 e. The predicted molar refractivity (Wildman–Crippen MR) is 81.1 cm³/mol. The topological polar surface area (TPSA) is 39.2 Å². The Morgan fingerprint density at radius 2 is 1.65 bits per heavy atom. The molecule has 3 nitrogen and oxygen atoms in total. The molecule has 0 unspecified atom stereocenters. The van der Waals surface area contributed by atoms with Gasteiger partial charge in [-0.15, -0.1) is 0 Å². The molecule has 0 amide bonds. The van der Waals surface area contributed by atoms with E-state index in [1.54, 1.807) is 18.2 Å². The molecule has 0 saturated heterocycles. The van der Waals surface area contributed by atoms with Crippen molar-refractivity contribution in [2.24, 2.45) is 0 Å². The maximum Gasteiger partial charge on any atom is 0.341 e. The van der Waals surface area contributed by atoms with Gasteiger partial charge in [0.05, 0.1) is 27.7 Å². The smallest absolute Gasteiger partial charge is 0.341 e. The second kappa shape index (κ2) is 6.19. The number of pyridine rings is 1. The molecule has 104 valence electrons. The molecule has 0 radical (unpaired) electrons. The molecular weight excluding hydrogens is 344 g/mol. The average molecular weight is 351 g/mol. The van der Waals surface area contributed by atoms with Crippen LogP contribution in [0.25, 0.3) is 11.1 Å². The van der Waals surface area contributed by atoms with Crippen LogP contribution in [0.5, 0.6) is 0 Å². The summed E-state index contributed by atoms with van der Waals surface area (Å²) in [5.41, 5.74) is 1.45. The van der Waals surface area contributed by atoms with Crippen LogP contribution in [0, 0.1) is 0 Å². The van der Waals surface area contributed by atoms with Crippen molar-refractivity contribution in [3.05, 3.63) is 50.2 Å². The number of benzene rings is 1. The fourth-order valence-corrected chi connectivity index (χ4v) is 2.36. The number of esters is 1. The molecule has 0 saturated carbocycles. The van der Waals surface area contributed by atoms with Gasteiger partial charge in [-0.05, 0) is 23.8 Å². The Morgan fingerprint density at radius 1 is 1.05 bits per heavy atom. The van der Waals surface area contributed by atoms with Gasteiger partial charge < -0.3 is 4.74 Å². The third-order valence-electron chi connectivity index (χ3n) is 2.56. The number of carbonyl (C=O) groups is 1. The molecule has 20 heavy (non-hydrogen) atoms. The van der Waals surface area contributed by atoms with Crippen LogP contribution in [0.2, 0.25) is 20.2 Å². The lowest BCUT2D eigenvalue weighted by Gasteiger charge is -2.08. The first-order chi connectivity index (χ1) is 9.43. The van der Waals surface area contributed by atoms with Gasteiger partial charge in [-0.2, -0.15) is 0 Å². The van der Waals surface area contributed by atoms with Crippen LogP contribution in [0.15, 0.2) is 24.4 Å². The molecule has 0 atom stereocenters. The van der Waals surface area contributed by atoms with Crippen molar-refractivity contribution in [2.75, 3.05) is 7.11 Å². The van der Waals surface area contributed by atoms with Crippen LogP contribution in [-0.2, 0) is 4.74 Å². The lowest BCUT2D eigenvalue weighted by Crippen LogP contribution is -2.03. The van der Waals surface area contributed by atoms with Crippen LogP contribution < -0.4 is 0 Å². The molecule has 0 spiro atoms. The third kappa shape index (κ3) is 3.01. The van der Waals surface area contributed by atoms with Gasteiger partial charge in [-0.3, -0.25) is 0 Å². The van der Waals surface area contributed by atoms with Gasteiger partial charge in [0.25, 0.3) is 0 Å². The van der Waals surface area contributed by atoms with Crippen LogP contribution in [0.4, 0.5) is 0 Å². The first-order valence-electron chi connectivity index (χ1n) is 5.32. The van der Waals surface area contributed by atoms with Gasteiger partial charge in [-0.25, -0.2) is 9.78 Å². The van der Waals surface area contributed by atoms with E-state index >= 15 is 0 Å². The maximum atomic E-state index is 11.6. The van der Waals surface area contributed by atoms with Crippen molar-refractivity contribution in [2.45, 2.75) is 0 Å². The number of hydrogen-bond acceptors (Lipinski definition) is 3. The number of halogens is 4. The van der Waals surface area contributed by atoms with Crippen LogP contribution in [0.3, 0.4) is 0 Å². The lowest BCUT2D eigenvalue weighted by molar-refractivity contribution is 0.0600. The van der Waals surface area contributed by atoms with Crippen molar-refractivity contribution in [3.8, 4) is 11.1 Å². The van der Waals surface area contributed by atoms with Gasteiger partial charge >= 0.3 is 5.97 Å². The Hall–Kier alpha value is -1.00. The standard InChI is InChI=1S/C13H7Cl4NO2/c1-20-13(19)8-2-7(5-18-12(8)17)6-3-9(14)11(16)10(15)4-6/h2-5H,1H3. The zero-order valence-corrected chi connectivity index (χ0v) is 13.1. The Morgan fingerprint density at radius 3 is 2.20 bits per heavy atom. The van der Waals surface area contributed by atoms with Gasteiger partial charge in [-0.1, -0.05) is 46.4 Å². The van der Waals surface area contributed by atoms with E-state index in [9.17, 15) is 4.79 Å². The minimum absolute atomic E-state index is 0.0618. The molecule has 2 rings (SSSR count). The molecule has 2 aromatic rings. The highest BCUT2D eigenvalue weighted by molar-refractivity contribution is 6.48. The van der Waals surface area contributed by atoms with Crippen molar-refractivity contribution in [1.29, 1.82) is 0 Å². The maximum absolute atomic E-state index is 11.6. The summed E-state index contributed by atoms with van der Waals surface area (Å²) in [4.78, 5) is 15.5. The summed E-state index contributed by atoms with van der Waals surface area (Å²) in [5.74, 6) is -0.574. The van der Waals surface area contributed by atoms with E-state index in [4.69, 9.17) is 46.4 Å². The normalized spacial score (nSPS) is 10.4. The monoisotopic (exact) mass is 349 g/mol. The number of methoxy groups -OCH3 is 1. The third-order valence-corrected chi connectivity index (χ3v) is 4.06. The molecule has 0 aliphatic carbocycles. The predicted octanol–water partition coefficient (Wildman–Crippen LogP) is 5.15. The quantitative estimate of drug-likeness (QED) is 0.427. The summed E-state index contributed by atoms with van der Waals surface area (Å²) < 4.78 is 4.64. The summed E-state index contributed by atoms with van der Waals surface area (Å²) in [5, 5.41) is 0.950. The Labute approximate surface area is 135 Å². The summed E-state index contributed by atoms with van der Waals surface area (Å²) in [6, 6.07) is 4.81. The Bertz CT molecular complexity index is 665. The van der Waals surface area contributed by atoms with E-state index in [0.29, 0.717) is 21.2 Å². The fraction of sp³-hybridized carbons (Fsp3) is 0.0769. The molecule has 1 heterocycles. The molecule has 0 aliphatic rings. The number of hydrogen-bond donors (Lipinski definition) is 0. The minimum Gasteiger partial charge on any atom is -0.465 e. The van der Waals surface area contributed by atoms with E-state index in [1.807, 2.05) is 0 Å². The first-order valence-corrected chi connectivity index (χ1v) is 6.84. The van der Waals surface area contributed by atoms with Gasteiger partial charge in [0.1, 0.15) is 5.15 Å². The van der Waals surface area contributed by atoms with Crippen molar-refractivity contribution >= 4 is 52.4 Å². The van der Waals surface area contributed by atoms with E-state index < -0.39 is 5.97 Å². The SMILES string of the molecule is COC(=O)c1cc(-c2cc(Cl)c(Cl)c(Cl)c2)cnc1Cl. The summed E-state index contributed by atoms with van der Waals surface area (Å²) in [6.45, 7) is 0. The number of rotatable bonds is 2. The van der Waals surface area contributed by atoms with Gasteiger partial charge in [0.15, 0.2) is 0 Å². The van der Waals surface area contributed by atoms with Crippen LogP contribution in [0.1, 0.15) is 10.4 Å². The number of nitrogens with zero attached hydrogens (tertiary/aromatic N) is 1. The molecular formula is C13H7Cl4NO2. The second-order valence-electron chi connectivity index (χ2n) is 3.81. The second-order valence-corrected chi connectivity index (χ2v) is 5.36. The van der Waals surface area contributed by atoms with Crippen LogP contribution in [-0.4, -0.2) is 18.1 Å².